The van der Waals surface area contributed by atoms with Crippen molar-refractivity contribution in [2.75, 3.05) is 0 Å². The number of halogens is 3. The molecule has 0 saturated heterocycles. The molecule has 2 rings (SSSR count). The molecule has 0 unspecified atom stereocenters. The number of rotatable bonds is 1. The van der Waals surface area contributed by atoms with E-state index in [0.717, 1.165) is 16.9 Å². The van der Waals surface area contributed by atoms with Crippen LogP contribution in [0.2, 0.25) is 0 Å². The van der Waals surface area contributed by atoms with Gasteiger partial charge in [-0.25, -0.2) is 9.50 Å². The van der Waals surface area contributed by atoms with Crippen LogP contribution in [0.4, 0.5) is 12.9 Å². The minimum absolute atomic E-state index is 0. The first-order valence-corrected chi connectivity index (χ1v) is 3.56. The van der Waals surface area contributed by atoms with Crippen LogP contribution in [-0.4, -0.2) is 21.6 Å². The summed E-state index contributed by atoms with van der Waals surface area (Å²) in [5, 5.41) is 3.66. The van der Waals surface area contributed by atoms with Gasteiger partial charge in [-0.1, -0.05) is 5.46 Å². The summed E-state index contributed by atoms with van der Waals surface area (Å²) in [5.74, 6) is 0. The molecule has 0 bridgehead atoms. The maximum absolute atomic E-state index is 12.2. The minimum atomic E-state index is -4.99. The van der Waals surface area contributed by atoms with Gasteiger partial charge < -0.3 is 12.9 Å². The molecule has 8 heteroatoms. The van der Waals surface area contributed by atoms with E-state index >= 15 is 0 Å². The predicted molar refractivity (Wildman–Crippen MR) is 41.7 cm³/mol. The number of hydrogen-bond donors (Lipinski definition) is 0. The summed E-state index contributed by atoms with van der Waals surface area (Å²) >= 11 is 0. The Labute approximate surface area is 120 Å². The predicted octanol–water partition coefficient (Wildman–Crippen LogP) is -2.21. The molecule has 0 amide bonds. The molecule has 0 aliphatic rings. The van der Waals surface area contributed by atoms with E-state index in [4.69, 9.17) is 0 Å². The third-order valence-corrected chi connectivity index (χ3v) is 1.64. The number of nitrogens with zero attached hydrogens (tertiary/aromatic N) is 3. The van der Waals surface area contributed by atoms with Crippen molar-refractivity contribution in [3.63, 3.8) is 0 Å². The van der Waals surface area contributed by atoms with Gasteiger partial charge >= 0.3 is 58.4 Å². The molecule has 0 N–H and O–H groups in total. The van der Waals surface area contributed by atoms with Crippen molar-refractivity contribution in [3.8, 4) is 0 Å². The second kappa shape index (κ2) is 4.32. The van der Waals surface area contributed by atoms with Crippen molar-refractivity contribution < 1.29 is 64.3 Å². The van der Waals surface area contributed by atoms with Gasteiger partial charge in [-0.15, -0.1) is 0 Å². The Morgan fingerprint density at radius 3 is 2.64 bits per heavy atom. The average Bonchev–Trinajstić information content (AvgIpc) is 2.47. The molecule has 2 aromatic heterocycles. The summed E-state index contributed by atoms with van der Waals surface area (Å²) < 4.78 is 37.7. The smallest absolute Gasteiger partial charge is 0.445 e. The second-order valence-corrected chi connectivity index (χ2v) is 2.60. The fourth-order valence-electron chi connectivity index (χ4n) is 0.993. The number of fused-ring (bicyclic) bond motifs is 1. The molecule has 2 heterocycles. The van der Waals surface area contributed by atoms with Crippen LogP contribution in [0.1, 0.15) is 0 Å². The van der Waals surface area contributed by atoms with Gasteiger partial charge in [0.25, 0.3) is 0 Å². The molecule has 2 aromatic rings. The summed E-state index contributed by atoms with van der Waals surface area (Å²) in [6, 6.07) is 1.53. The molecule has 0 atom stereocenters. The van der Waals surface area contributed by atoms with E-state index in [-0.39, 0.29) is 51.4 Å². The molecule has 0 saturated carbocycles. The molecule has 0 aliphatic heterocycles. The van der Waals surface area contributed by atoms with Crippen molar-refractivity contribution in [1.29, 1.82) is 0 Å². The number of aromatic nitrogens is 3. The fourth-order valence-corrected chi connectivity index (χ4v) is 0.993. The van der Waals surface area contributed by atoms with Crippen molar-refractivity contribution in [1.82, 2.24) is 14.6 Å². The van der Waals surface area contributed by atoms with Crippen LogP contribution in [0.15, 0.2) is 24.7 Å². The molecule has 68 valence electrons. The van der Waals surface area contributed by atoms with Crippen LogP contribution in [-0.2, 0) is 0 Å². The van der Waals surface area contributed by atoms with Crippen LogP contribution in [0, 0.1) is 0 Å². The van der Waals surface area contributed by atoms with Gasteiger partial charge in [0.1, 0.15) is 0 Å². The van der Waals surface area contributed by atoms with Crippen LogP contribution < -0.4 is 56.8 Å². The molecule has 3 nitrogen and oxygen atoms in total. The Kier molecular flexibility index (Phi) is 3.75. The van der Waals surface area contributed by atoms with Crippen LogP contribution in [0.5, 0.6) is 0 Å². The molecule has 0 radical (unpaired) electrons. The maximum atomic E-state index is 12.2. The van der Waals surface area contributed by atoms with Gasteiger partial charge in [0.2, 0.25) is 0 Å². The number of hydrogen-bond acceptors (Lipinski definition) is 2. The van der Waals surface area contributed by atoms with E-state index in [9.17, 15) is 12.9 Å². The first-order valence-electron chi connectivity index (χ1n) is 3.56. The Bertz CT molecular complexity index is 441. The third kappa shape index (κ3) is 2.37. The zero-order valence-electron chi connectivity index (χ0n) is 7.36. The average molecular weight is 225 g/mol. The van der Waals surface area contributed by atoms with Crippen molar-refractivity contribution >= 4 is 18.1 Å². The topological polar surface area (TPSA) is 30.2 Å². The fraction of sp³-hybridized carbons (Fsp3) is 0. The third-order valence-electron chi connectivity index (χ3n) is 1.64. The zero-order valence-corrected chi connectivity index (χ0v) is 10.5. The molecule has 0 spiro atoms. The van der Waals surface area contributed by atoms with Gasteiger partial charge in [0.05, 0.1) is 6.20 Å². The van der Waals surface area contributed by atoms with Gasteiger partial charge in [-0.05, 0) is 0 Å². The zero-order chi connectivity index (χ0) is 9.47. The maximum Gasteiger partial charge on any atom is 1.00 e. The first kappa shape index (κ1) is 12.2. The van der Waals surface area contributed by atoms with E-state index in [1.54, 1.807) is 0 Å². The van der Waals surface area contributed by atoms with E-state index in [1.807, 2.05) is 0 Å². The van der Waals surface area contributed by atoms with Gasteiger partial charge in [-0.3, -0.25) is 0 Å². The molecule has 0 aromatic carbocycles. The van der Waals surface area contributed by atoms with E-state index < -0.39 is 12.4 Å². The second-order valence-electron chi connectivity index (χ2n) is 2.60. The molecule has 0 fully saturated rings. The van der Waals surface area contributed by atoms with Gasteiger partial charge in [0.15, 0.2) is 5.65 Å². The van der Waals surface area contributed by atoms with Crippen molar-refractivity contribution in [3.05, 3.63) is 24.7 Å². The van der Waals surface area contributed by atoms with Gasteiger partial charge in [-0.2, -0.15) is 5.10 Å². The van der Waals surface area contributed by atoms with Gasteiger partial charge in [0, 0.05) is 18.5 Å². The Morgan fingerprint density at radius 2 is 2.00 bits per heavy atom. The van der Waals surface area contributed by atoms with Crippen molar-refractivity contribution in [2.24, 2.45) is 0 Å². The molecule has 0 aliphatic carbocycles. The van der Waals surface area contributed by atoms with Crippen LogP contribution in [0.25, 0.3) is 5.65 Å². The Hall–Kier alpha value is 0.111. The molecular formula is C6H4BF3KN3. The summed E-state index contributed by atoms with van der Waals surface area (Å²) in [6.45, 7) is -4.99. The van der Waals surface area contributed by atoms with E-state index in [2.05, 4.69) is 10.1 Å². The SMILES string of the molecule is F[B-](F)(F)c1cnc2ccnn2c1.[K+]. The first-order chi connectivity index (χ1) is 6.07. The Balaban J connectivity index is 0.000000980. The summed E-state index contributed by atoms with van der Waals surface area (Å²) in [6.07, 6.45) is 3.15. The summed E-state index contributed by atoms with van der Waals surface area (Å²) in [5.41, 5.74) is -0.333. The van der Waals surface area contributed by atoms with E-state index in [0.29, 0.717) is 5.65 Å². The quantitative estimate of drug-likeness (QED) is 0.515. The molecule has 14 heavy (non-hydrogen) atoms. The largest absolute Gasteiger partial charge is 1.00 e. The normalized spacial score (nSPS) is 11.4. The van der Waals surface area contributed by atoms with E-state index in [1.165, 1.54) is 12.3 Å². The van der Waals surface area contributed by atoms with Crippen LogP contribution in [0.3, 0.4) is 0 Å². The summed E-state index contributed by atoms with van der Waals surface area (Å²) in [7, 11) is 0. The molecular weight excluding hydrogens is 221 g/mol. The summed E-state index contributed by atoms with van der Waals surface area (Å²) in [4.78, 5) is 3.60. The van der Waals surface area contributed by atoms with Crippen molar-refractivity contribution in [2.45, 2.75) is 0 Å². The minimum Gasteiger partial charge on any atom is -0.445 e. The standard InChI is InChI=1S/C6H4BF3N3.K/c8-7(9,10)5-3-11-6-1-2-12-13(6)4-5;/h1-4H;/q-1;+1. The Morgan fingerprint density at radius 1 is 1.29 bits per heavy atom. The van der Waals surface area contributed by atoms with Crippen LogP contribution >= 0.6 is 0 Å². The monoisotopic (exact) mass is 225 g/mol.